The molecule has 0 amide bonds. The van der Waals surface area contributed by atoms with Gasteiger partial charge in [0.2, 0.25) is 0 Å². The van der Waals surface area contributed by atoms with Gasteiger partial charge in [-0.05, 0) is 11.6 Å². The van der Waals surface area contributed by atoms with Crippen molar-refractivity contribution in [3.05, 3.63) is 35.4 Å². The Bertz CT molecular complexity index is 319. The summed E-state index contributed by atoms with van der Waals surface area (Å²) in [6.07, 6.45) is 0. The van der Waals surface area contributed by atoms with Crippen LogP contribution in [0, 0.1) is 11.3 Å². The molecule has 0 radical (unpaired) electrons. The molecular formula is C11H13NOS. The quantitative estimate of drug-likeness (QED) is 0.695. The number of rotatable bonds is 5. The molecule has 0 saturated heterocycles. The maximum atomic E-state index is 8.84. The predicted molar refractivity (Wildman–Crippen MR) is 59.2 cm³/mol. The van der Waals surface area contributed by atoms with E-state index >= 15 is 0 Å². The lowest BCUT2D eigenvalue weighted by atomic mass is 10.1. The van der Waals surface area contributed by atoms with Crippen molar-refractivity contribution in [2.45, 2.75) is 5.75 Å². The number of thioether (sulfide) groups is 1. The molecular weight excluding hydrogens is 194 g/mol. The number of ether oxygens (including phenoxy) is 1. The summed E-state index contributed by atoms with van der Waals surface area (Å²) < 4.78 is 4.95. The van der Waals surface area contributed by atoms with Gasteiger partial charge in [-0.15, -0.1) is 0 Å². The lowest BCUT2D eigenvalue weighted by Crippen LogP contribution is -1.93. The second kappa shape index (κ2) is 6.47. The summed E-state index contributed by atoms with van der Waals surface area (Å²) in [5.74, 6) is 1.85. The second-order valence-electron chi connectivity index (χ2n) is 2.81. The lowest BCUT2D eigenvalue weighted by molar-refractivity contribution is 0.218. The molecule has 0 aliphatic rings. The van der Waals surface area contributed by atoms with Gasteiger partial charge >= 0.3 is 0 Å². The normalized spacial score (nSPS) is 9.71. The van der Waals surface area contributed by atoms with E-state index < -0.39 is 0 Å². The molecule has 0 saturated carbocycles. The zero-order valence-corrected chi connectivity index (χ0v) is 9.01. The fourth-order valence-electron chi connectivity index (χ4n) is 1.08. The van der Waals surface area contributed by atoms with Crippen LogP contribution in [0.3, 0.4) is 0 Å². The summed E-state index contributed by atoms with van der Waals surface area (Å²) in [5.41, 5.74) is 1.88. The first-order valence-corrected chi connectivity index (χ1v) is 5.58. The van der Waals surface area contributed by atoms with E-state index in [0.717, 1.165) is 29.2 Å². The van der Waals surface area contributed by atoms with Gasteiger partial charge < -0.3 is 4.74 Å². The highest BCUT2D eigenvalue weighted by molar-refractivity contribution is 7.98. The number of nitrogens with zero attached hydrogens (tertiary/aromatic N) is 1. The largest absolute Gasteiger partial charge is 0.384 e. The fraction of sp³-hybridized carbons (Fsp3) is 0.364. The number of methoxy groups -OCH3 is 1. The van der Waals surface area contributed by atoms with Crippen molar-refractivity contribution in [2.75, 3.05) is 19.5 Å². The Kier molecular flexibility index (Phi) is 5.13. The predicted octanol–water partition coefficient (Wildman–Crippen LogP) is 2.44. The van der Waals surface area contributed by atoms with E-state index in [1.165, 1.54) is 0 Å². The van der Waals surface area contributed by atoms with E-state index in [1.54, 1.807) is 18.9 Å². The fourth-order valence-corrected chi connectivity index (χ4v) is 1.98. The van der Waals surface area contributed by atoms with E-state index in [9.17, 15) is 0 Å². The van der Waals surface area contributed by atoms with Crippen molar-refractivity contribution in [3.8, 4) is 6.07 Å². The first-order chi connectivity index (χ1) is 6.88. The van der Waals surface area contributed by atoms with Crippen molar-refractivity contribution in [1.29, 1.82) is 5.26 Å². The Hall–Kier alpha value is -0.980. The number of benzene rings is 1. The van der Waals surface area contributed by atoms with Gasteiger partial charge in [-0.25, -0.2) is 0 Å². The molecule has 0 unspecified atom stereocenters. The summed E-state index contributed by atoms with van der Waals surface area (Å²) in [6, 6.07) is 9.90. The maximum absolute atomic E-state index is 8.84. The van der Waals surface area contributed by atoms with Crippen molar-refractivity contribution >= 4 is 11.8 Å². The van der Waals surface area contributed by atoms with Gasteiger partial charge in [0.1, 0.15) is 0 Å². The van der Waals surface area contributed by atoms with Crippen LogP contribution in [0.2, 0.25) is 0 Å². The second-order valence-corrected chi connectivity index (χ2v) is 3.92. The van der Waals surface area contributed by atoms with Crippen LogP contribution in [-0.4, -0.2) is 19.5 Å². The zero-order valence-electron chi connectivity index (χ0n) is 8.19. The molecule has 1 aromatic carbocycles. The molecule has 3 heteroatoms. The molecule has 0 atom stereocenters. The molecule has 14 heavy (non-hydrogen) atoms. The Morgan fingerprint density at radius 3 is 2.93 bits per heavy atom. The van der Waals surface area contributed by atoms with Gasteiger partial charge in [0.25, 0.3) is 0 Å². The summed E-state index contributed by atoms with van der Waals surface area (Å²) in [4.78, 5) is 0. The number of nitriles is 1. The molecule has 74 valence electrons. The molecule has 1 rings (SSSR count). The van der Waals surface area contributed by atoms with Gasteiger partial charge in [0, 0.05) is 18.6 Å². The smallest absolute Gasteiger partial charge is 0.0994 e. The van der Waals surface area contributed by atoms with Crippen LogP contribution in [0.25, 0.3) is 0 Å². The third-order valence-electron chi connectivity index (χ3n) is 1.83. The standard InChI is InChI=1S/C11H13NOS/c1-13-6-7-14-9-11-5-3-2-4-10(11)8-12/h2-5H,6-7,9H2,1H3. The van der Waals surface area contributed by atoms with Crippen LogP contribution >= 0.6 is 11.8 Å². The third kappa shape index (κ3) is 3.41. The summed E-state index contributed by atoms with van der Waals surface area (Å²) >= 11 is 1.78. The maximum Gasteiger partial charge on any atom is 0.0994 e. The minimum absolute atomic E-state index is 0.763. The van der Waals surface area contributed by atoms with E-state index in [4.69, 9.17) is 10.00 Å². The molecule has 0 spiro atoms. The van der Waals surface area contributed by atoms with E-state index in [0.29, 0.717) is 0 Å². The van der Waals surface area contributed by atoms with Crippen LogP contribution < -0.4 is 0 Å². The molecule has 0 aromatic heterocycles. The van der Waals surface area contributed by atoms with Gasteiger partial charge in [-0.3, -0.25) is 0 Å². The highest BCUT2D eigenvalue weighted by Gasteiger charge is 1.99. The average molecular weight is 207 g/mol. The monoisotopic (exact) mass is 207 g/mol. The first kappa shape index (κ1) is 11.1. The Balaban J connectivity index is 2.46. The number of hydrogen-bond donors (Lipinski definition) is 0. The first-order valence-electron chi connectivity index (χ1n) is 4.43. The molecule has 0 fully saturated rings. The van der Waals surface area contributed by atoms with Crippen LogP contribution in [0.4, 0.5) is 0 Å². The number of hydrogen-bond acceptors (Lipinski definition) is 3. The molecule has 0 bridgehead atoms. The van der Waals surface area contributed by atoms with Crippen LogP contribution in [0.5, 0.6) is 0 Å². The van der Waals surface area contributed by atoms with Crippen LogP contribution in [0.1, 0.15) is 11.1 Å². The van der Waals surface area contributed by atoms with Crippen LogP contribution in [-0.2, 0) is 10.5 Å². The highest BCUT2D eigenvalue weighted by Crippen LogP contribution is 2.15. The van der Waals surface area contributed by atoms with Crippen LogP contribution in [0.15, 0.2) is 24.3 Å². The lowest BCUT2D eigenvalue weighted by Gasteiger charge is -2.02. The summed E-state index contributed by atoms with van der Waals surface area (Å²) in [5, 5.41) is 8.84. The SMILES string of the molecule is COCCSCc1ccccc1C#N. The van der Waals surface area contributed by atoms with Crippen molar-refractivity contribution in [1.82, 2.24) is 0 Å². The third-order valence-corrected chi connectivity index (χ3v) is 2.80. The summed E-state index contributed by atoms with van der Waals surface area (Å²) in [7, 11) is 1.70. The van der Waals surface area contributed by atoms with Gasteiger partial charge in [0.05, 0.1) is 18.2 Å². The van der Waals surface area contributed by atoms with E-state index in [2.05, 4.69) is 6.07 Å². The van der Waals surface area contributed by atoms with E-state index in [1.807, 2.05) is 24.3 Å². The molecule has 0 N–H and O–H groups in total. The topological polar surface area (TPSA) is 33.0 Å². The molecule has 0 aliphatic heterocycles. The van der Waals surface area contributed by atoms with E-state index in [-0.39, 0.29) is 0 Å². The molecule has 1 aromatic rings. The van der Waals surface area contributed by atoms with Crippen molar-refractivity contribution in [3.63, 3.8) is 0 Å². The minimum atomic E-state index is 0.763. The van der Waals surface area contributed by atoms with Gasteiger partial charge in [-0.1, -0.05) is 18.2 Å². The summed E-state index contributed by atoms with van der Waals surface area (Å²) in [6.45, 7) is 0.763. The average Bonchev–Trinajstić information content (AvgIpc) is 2.25. The Labute approximate surface area is 88.9 Å². The minimum Gasteiger partial charge on any atom is -0.384 e. The Morgan fingerprint density at radius 1 is 1.43 bits per heavy atom. The molecule has 2 nitrogen and oxygen atoms in total. The van der Waals surface area contributed by atoms with Gasteiger partial charge in [0.15, 0.2) is 0 Å². The molecule has 0 aliphatic carbocycles. The van der Waals surface area contributed by atoms with Crippen molar-refractivity contribution < 1.29 is 4.74 Å². The van der Waals surface area contributed by atoms with Gasteiger partial charge in [-0.2, -0.15) is 17.0 Å². The zero-order chi connectivity index (χ0) is 10.2. The van der Waals surface area contributed by atoms with Crippen molar-refractivity contribution in [2.24, 2.45) is 0 Å². The highest BCUT2D eigenvalue weighted by atomic mass is 32.2. The molecule has 0 heterocycles. The Morgan fingerprint density at radius 2 is 2.21 bits per heavy atom.